The molecule has 1 heterocycles. The van der Waals surface area contributed by atoms with Gasteiger partial charge in [0.25, 0.3) is 5.89 Å². The summed E-state index contributed by atoms with van der Waals surface area (Å²) in [4.78, 5) is 4.42. The fourth-order valence-electron chi connectivity index (χ4n) is 2.23. The van der Waals surface area contributed by atoms with E-state index in [0.29, 0.717) is 11.7 Å². The van der Waals surface area contributed by atoms with Crippen molar-refractivity contribution < 1.29 is 14.4 Å². The highest BCUT2D eigenvalue weighted by molar-refractivity contribution is 5.54. The predicted molar refractivity (Wildman–Crippen MR) is 81.0 cm³/mol. The van der Waals surface area contributed by atoms with Gasteiger partial charge in [-0.15, -0.1) is 0 Å². The summed E-state index contributed by atoms with van der Waals surface area (Å²) in [7, 11) is 1.61. The number of ether oxygens (including phenoxy) is 1. The smallest absolute Gasteiger partial charge is 0.260 e. The van der Waals surface area contributed by atoms with Crippen LogP contribution >= 0.6 is 0 Å². The van der Waals surface area contributed by atoms with Crippen LogP contribution < -0.4 is 0 Å². The third kappa shape index (κ3) is 2.90. The van der Waals surface area contributed by atoms with Gasteiger partial charge in [0.15, 0.2) is 6.10 Å². The molecule has 1 atom stereocenters. The maximum Gasteiger partial charge on any atom is 0.260 e. The van der Waals surface area contributed by atoms with Gasteiger partial charge in [-0.2, -0.15) is 4.98 Å². The molecule has 2 aromatic carbocycles. The summed E-state index contributed by atoms with van der Waals surface area (Å²) in [6, 6.07) is 17.1. The van der Waals surface area contributed by atoms with Crippen molar-refractivity contribution in [1.29, 1.82) is 0 Å². The van der Waals surface area contributed by atoms with E-state index in [1.807, 2.05) is 54.6 Å². The molecule has 3 aromatic rings. The molecule has 0 radical (unpaired) electrons. The van der Waals surface area contributed by atoms with Gasteiger partial charge in [0.2, 0.25) is 5.82 Å². The predicted octanol–water partition coefficient (Wildman–Crippen LogP) is 2.96. The monoisotopic (exact) mass is 296 g/mol. The number of rotatable bonds is 5. The maximum atomic E-state index is 9.07. The van der Waals surface area contributed by atoms with Crippen LogP contribution in [0.1, 0.15) is 23.1 Å². The molecule has 0 spiro atoms. The summed E-state index contributed by atoms with van der Waals surface area (Å²) in [5, 5.41) is 13.1. The molecule has 112 valence electrons. The number of aliphatic hydroxyl groups excluding tert-OH is 1. The third-order valence-corrected chi connectivity index (χ3v) is 3.40. The van der Waals surface area contributed by atoms with Gasteiger partial charge in [-0.1, -0.05) is 59.8 Å². The normalized spacial score (nSPS) is 12.3. The van der Waals surface area contributed by atoms with Crippen LogP contribution in [0.5, 0.6) is 0 Å². The van der Waals surface area contributed by atoms with E-state index in [0.717, 1.165) is 16.7 Å². The summed E-state index contributed by atoms with van der Waals surface area (Å²) in [5.74, 6) is 0.910. The molecule has 1 N–H and O–H groups in total. The van der Waals surface area contributed by atoms with Crippen molar-refractivity contribution in [2.24, 2.45) is 0 Å². The average molecular weight is 296 g/mol. The number of hydrogen-bond acceptors (Lipinski definition) is 5. The lowest BCUT2D eigenvalue weighted by molar-refractivity contribution is 0.105. The van der Waals surface area contributed by atoms with E-state index in [4.69, 9.17) is 14.4 Å². The molecule has 1 aromatic heterocycles. The average Bonchev–Trinajstić information content (AvgIpc) is 3.06. The highest BCUT2D eigenvalue weighted by atomic mass is 16.5. The second-order valence-corrected chi connectivity index (χ2v) is 4.84. The molecule has 5 heteroatoms. The zero-order valence-corrected chi connectivity index (χ0v) is 12.1. The molecule has 0 unspecified atom stereocenters. The summed E-state index contributed by atoms with van der Waals surface area (Å²) >= 11 is 0. The van der Waals surface area contributed by atoms with Crippen LogP contribution in [0.3, 0.4) is 0 Å². The molecule has 5 nitrogen and oxygen atoms in total. The minimum Gasteiger partial charge on any atom is -0.392 e. The Bertz CT molecular complexity index is 723. The first-order valence-electron chi connectivity index (χ1n) is 6.93. The first-order chi connectivity index (χ1) is 10.8. The van der Waals surface area contributed by atoms with Crippen LogP contribution in [0.25, 0.3) is 11.4 Å². The number of methoxy groups -OCH3 is 1. The van der Waals surface area contributed by atoms with Crippen LogP contribution in [0.4, 0.5) is 0 Å². The van der Waals surface area contributed by atoms with Crippen molar-refractivity contribution in [2.45, 2.75) is 12.7 Å². The molecule has 0 amide bonds. The van der Waals surface area contributed by atoms with Gasteiger partial charge in [-0.3, -0.25) is 0 Å². The van der Waals surface area contributed by atoms with Crippen molar-refractivity contribution in [3.8, 4) is 11.4 Å². The van der Waals surface area contributed by atoms with Crippen molar-refractivity contribution >= 4 is 0 Å². The van der Waals surface area contributed by atoms with Crippen molar-refractivity contribution in [2.75, 3.05) is 7.11 Å². The Hall–Kier alpha value is -2.50. The molecule has 0 fully saturated rings. The van der Waals surface area contributed by atoms with Crippen LogP contribution in [-0.2, 0) is 11.3 Å². The molecule has 3 rings (SSSR count). The second-order valence-electron chi connectivity index (χ2n) is 4.84. The van der Waals surface area contributed by atoms with E-state index >= 15 is 0 Å². The minimum atomic E-state index is -0.390. The van der Waals surface area contributed by atoms with E-state index in [9.17, 15) is 0 Å². The quantitative estimate of drug-likeness (QED) is 0.784. The van der Waals surface area contributed by atoms with Gasteiger partial charge in [-0.25, -0.2) is 0 Å². The highest BCUT2D eigenvalue weighted by Crippen LogP contribution is 2.26. The first kappa shape index (κ1) is 14.4. The lowest BCUT2D eigenvalue weighted by atomic mass is 10.1. The topological polar surface area (TPSA) is 68.4 Å². The number of aromatic nitrogens is 2. The van der Waals surface area contributed by atoms with E-state index in [2.05, 4.69) is 10.1 Å². The van der Waals surface area contributed by atoms with Crippen molar-refractivity contribution in [1.82, 2.24) is 10.1 Å². The van der Waals surface area contributed by atoms with Crippen LogP contribution in [0.15, 0.2) is 59.1 Å². The van der Waals surface area contributed by atoms with E-state index < -0.39 is 0 Å². The Kier molecular flexibility index (Phi) is 4.27. The minimum absolute atomic E-state index is 0.0114. The number of benzene rings is 2. The van der Waals surface area contributed by atoms with E-state index in [1.54, 1.807) is 7.11 Å². The van der Waals surface area contributed by atoms with E-state index in [1.165, 1.54) is 0 Å². The molecule has 0 aliphatic carbocycles. The summed E-state index contributed by atoms with van der Waals surface area (Å²) in [5.41, 5.74) is 2.62. The van der Waals surface area contributed by atoms with Gasteiger partial charge in [0.1, 0.15) is 0 Å². The molecule has 22 heavy (non-hydrogen) atoms. The van der Waals surface area contributed by atoms with Crippen LogP contribution in [0, 0.1) is 0 Å². The van der Waals surface area contributed by atoms with Crippen molar-refractivity contribution in [3.63, 3.8) is 0 Å². The Morgan fingerprint density at radius 2 is 1.82 bits per heavy atom. The molecule has 0 bridgehead atoms. The van der Waals surface area contributed by atoms with Crippen molar-refractivity contribution in [3.05, 3.63) is 71.6 Å². The zero-order valence-electron chi connectivity index (χ0n) is 12.1. The second kappa shape index (κ2) is 6.51. The van der Waals surface area contributed by atoms with E-state index in [-0.39, 0.29) is 12.7 Å². The maximum absolute atomic E-state index is 9.07. The molecular formula is C17H16N2O3. The van der Waals surface area contributed by atoms with Crippen LogP contribution in [0.2, 0.25) is 0 Å². The fourth-order valence-corrected chi connectivity index (χ4v) is 2.23. The Morgan fingerprint density at radius 3 is 2.45 bits per heavy atom. The number of hydrogen-bond donors (Lipinski definition) is 1. The number of aliphatic hydroxyl groups is 1. The Labute approximate surface area is 128 Å². The lowest BCUT2D eigenvalue weighted by Crippen LogP contribution is -2.03. The Morgan fingerprint density at radius 1 is 1.09 bits per heavy atom. The highest BCUT2D eigenvalue weighted by Gasteiger charge is 2.20. The lowest BCUT2D eigenvalue weighted by Gasteiger charge is -2.10. The molecular weight excluding hydrogens is 280 g/mol. The van der Waals surface area contributed by atoms with Gasteiger partial charge in [0, 0.05) is 12.7 Å². The van der Waals surface area contributed by atoms with Gasteiger partial charge in [0.05, 0.1) is 6.61 Å². The molecule has 0 saturated carbocycles. The number of nitrogens with zero attached hydrogens (tertiary/aromatic N) is 2. The molecule has 0 aliphatic heterocycles. The Balaban J connectivity index is 1.88. The summed E-state index contributed by atoms with van der Waals surface area (Å²) in [6.45, 7) is 0.0114. The SMILES string of the molecule is CO[C@H](c1ccccc1)c1nc(-c2ccc(CO)cc2)no1. The largest absolute Gasteiger partial charge is 0.392 e. The molecule has 0 saturated heterocycles. The zero-order chi connectivity index (χ0) is 15.4. The van der Waals surface area contributed by atoms with Gasteiger partial charge < -0.3 is 14.4 Å². The third-order valence-electron chi connectivity index (χ3n) is 3.40. The van der Waals surface area contributed by atoms with Gasteiger partial charge >= 0.3 is 0 Å². The van der Waals surface area contributed by atoms with Crippen LogP contribution in [-0.4, -0.2) is 22.4 Å². The first-order valence-corrected chi connectivity index (χ1v) is 6.93. The fraction of sp³-hybridized carbons (Fsp3) is 0.176. The summed E-state index contributed by atoms with van der Waals surface area (Å²) < 4.78 is 10.8. The summed E-state index contributed by atoms with van der Waals surface area (Å²) in [6.07, 6.45) is -0.390. The standard InChI is InChI=1S/C17H16N2O3/c1-21-15(13-5-3-2-4-6-13)17-18-16(19-22-17)14-9-7-12(11-20)8-10-14/h2-10,15,20H,11H2,1H3/t15-/m1/s1. The molecule has 0 aliphatic rings. The van der Waals surface area contributed by atoms with Gasteiger partial charge in [-0.05, 0) is 11.1 Å².